The molecule has 2 aromatic heterocycles. The van der Waals surface area contributed by atoms with Gasteiger partial charge in [0.25, 0.3) is 0 Å². The molecule has 0 bridgehead atoms. The summed E-state index contributed by atoms with van der Waals surface area (Å²) < 4.78 is 1.79. The van der Waals surface area contributed by atoms with Crippen LogP contribution in [0.3, 0.4) is 0 Å². The van der Waals surface area contributed by atoms with Gasteiger partial charge in [-0.25, -0.2) is 0 Å². The first-order valence-corrected chi connectivity index (χ1v) is 6.94. The van der Waals surface area contributed by atoms with Crippen molar-refractivity contribution in [3.8, 4) is 0 Å². The number of likely N-dealkylation sites (N-methyl/N-ethyl adjacent to an activating group) is 1. The van der Waals surface area contributed by atoms with Crippen LogP contribution in [-0.2, 0) is 17.8 Å². The Kier molecular flexibility index (Phi) is 5.26. The van der Waals surface area contributed by atoms with Gasteiger partial charge in [-0.3, -0.25) is 14.6 Å². The van der Waals surface area contributed by atoms with Gasteiger partial charge in [0.1, 0.15) is 0 Å². The van der Waals surface area contributed by atoms with Gasteiger partial charge in [0.05, 0.1) is 5.69 Å². The van der Waals surface area contributed by atoms with Crippen molar-refractivity contribution >= 4 is 12.2 Å². The van der Waals surface area contributed by atoms with Gasteiger partial charge in [0.15, 0.2) is 6.29 Å². The third-order valence-corrected chi connectivity index (χ3v) is 3.46. The number of carbonyl (C=O) groups excluding carboxylic acids is 2. The van der Waals surface area contributed by atoms with Crippen molar-refractivity contribution in [3.63, 3.8) is 0 Å². The zero-order valence-corrected chi connectivity index (χ0v) is 12.1. The summed E-state index contributed by atoms with van der Waals surface area (Å²) in [4.78, 5) is 28.6. The van der Waals surface area contributed by atoms with E-state index in [1.165, 1.54) is 5.56 Å². The van der Waals surface area contributed by atoms with E-state index < -0.39 is 0 Å². The molecule has 2 heterocycles. The molecule has 5 heteroatoms. The van der Waals surface area contributed by atoms with Crippen molar-refractivity contribution in [2.24, 2.45) is 0 Å². The summed E-state index contributed by atoms with van der Waals surface area (Å²) in [5.41, 5.74) is 1.76. The predicted molar refractivity (Wildman–Crippen MR) is 80.0 cm³/mol. The lowest BCUT2D eigenvalue weighted by molar-refractivity contribution is -0.130. The summed E-state index contributed by atoms with van der Waals surface area (Å²) in [7, 11) is 1.81. The van der Waals surface area contributed by atoms with E-state index in [1.807, 2.05) is 18.3 Å². The van der Waals surface area contributed by atoms with Crippen molar-refractivity contribution in [1.82, 2.24) is 14.5 Å². The van der Waals surface area contributed by atoms with Crippen LogP contribution in [0.25, 0.3) is 0 Å². The quantitative estimate of drug-likeness (QED) is 0.729. The maximum absolute atomic E-state index is 12.1. The molecule has 0 saturated heterocycles. The Morgan fingerprint density at radius 1 is 1.33 bits per heavy atom. The predicted octanol–water partition coefficient (Wildman–Crippen LogP) is 1.79. The van der Waals surface area contributed by atoms with E-state index in [2.05, 4.69) is 4.98 Å². The summed E-state index contributed by atoms with van der Waals surface area (Å²) >= 11 is 0. The van der Waals surface area contributed by atoms with E-state index >= 15 is 0 Å². The molecule has 0 N–H and O–H groups in total. The third-order valence-electron chi connectivity index (χ3n) is 3.46. The Labute approximate surface area is 124 Å². The topological polar surface area (TPSA) is 55.2 Å². The van der Waals surface area contributed by atoms with Gasteiger partial charge in [-0.1, -0.05) is 0 Å². The number of aldehydes is 1. The lowest BCUT2D eigenvalue weighted by Gasteiger charge is -2.17. The maximum atomic E-state index is 12.1. The number of hydrogen-bond acceptors (Lipinski definition) is 3. The molecule has 0 fully saturated rings. The van der Waals surface area contributed by atoms with Crippen molar-refractivity contribution in [3.05, 3.63) is 54.1 Å². The Morgan fingerprint density at radius 3 is 2.81 bits per heavy atom. The smallest absolute Gasteiger partial charge is 0.224 e. The number of aromatic nitrogens is 2. The van der Waals surface area contributed by atoms with Gasteiger partial charge >= 0.3 is 0 Å². The first-order valence-electron chi connectivity index (χ1n) is 6.94. The monoisotopic (exact) mass is 285 g/mol. The number of nitrogens with zero attached hydrogens (tertiary/aromatic N) is 3. The second kappa shape index (κ2) is 7.38. The van der Waals surface area contributed by atoms with Crippen LogP contribution in [0.2, 0.25) is 0 Å². The molecule has 2 aromatic rings. The van der Waals surface area contributed by atoms with Gasteiger partial charge in [-0.2, -0.15) is 0 Å². The number of rotatable bonds is 7. The lowest BCUT2D eigenvalue weighted by atomic mass is 10.2. The summed E-state index contributed by atoms with van der Waals surface area (Å²) in [5, 5.41) is 0. The van der Waals surface area contributed by atoms with E-state index in [9.17, 15) is 9.59 Å². The molecule has 0 aromatic carbocycles. The van der Waals surface area contributed by atoms with E-state index in [0.29, 0.717) is 25.2 Å². The van der Waals surface area contributed by atoms with Gasteiger partial charge in [-0.05, 0) is 36.2 Å². The molecule has 0 saturated carbocycles. The SMILES string of the molecule is CN(CCc1ccncc1)C(=O)CCn1cccc1C=O. The van der Waals surface area contributed by atoms with Gasteiger partial charge in [0.2, 0.25) is 5.91 Å². The maximum Gasteiger partial charge on any atom is 0.224 e. The van der Waals surface area contributed by atoms with Crippen molar-refractivity contribution in [2.75, 3.05) is 13.6 Å². The molecule has 1 amide bonds. The Hall–Kier alpha value is -2.43. The van der Waals surface area contributed by atoms with E-state index in [0.717, 1.165) is 12.7 Å². The summed E-state index contributed by atoms with van der Waals surface area (Å²) in [6, 6.07) is 7.45. The average molecular weight is 285 g/mol. The molecule has 5 nitrogen and oxygen atoms in total. The zero-order valence-electron chi connectivity index (χ0n) is 12.1. The fourth-order valence-corrected chi connectivity index (χ4v) is 2.12. The molecule has 2 rings (SSSR count). The Bertz CT molecular complexity index is 593. The van der Waals surface area contributed by atoms with Crippen molar-refractivity contribution in [2.45, 2.75) is 19.4 Å². The molecule has 0 aliphatic rings. The minimum absolute atomic E-state index is 0.0783. The molecule has 21 heavy (non-hydrogen) atoms. The number of amides is 1. The van der Waals surface area contributed by atoms with Gasteiger partial charge in [0, 0.05) is 45.1 Å². The number of hydrogen-bond donors (Lipinski definition) is 0. The highest BCUT2D eigenvalue weighted by Gasteiger charge is 2.09. The largest absolute Gasteiger partial charge is 0.345 e. The van der Waals surface area contributed by atoms with E-state index in [1.54, 1.807) is 41.0 Å². The average Bonchev–Trinajstić information content (AvgIpc) is 2.98. The molecule has 0 atom stereocenters. The molecule has 0 aliphatic heterocycles. The minimum atomic E-state index is 0.0783. The van der Waals surface area contributed by atoms with Crippen LogP contribution in [0.15, 0.2) is 42.9 Å². The fourth-order valence-electron chi connectivity index (χ4n) is 2.12. The normalized spacial score (nSPS) is 10.3. The molecular weight excluding hydrogens is 266 g/mol. The summed E-state index contributed by atoms with van der Waals surface area (Å²) in [5.74, 6) is 0.0783. The highest BCUT2D eigenvalue weighted by Crippen LogP contribution is 2.04. The first-order chi connectivity index (χ1) is 10.2. The number of carbonyl (C=O) groups is 2. The number of pyridine rings is 1. The van der Waals surface area contributed by atoms with Crippen LogP contribution >= 0.6 is 0 Å². The fraction of sp³-hybridized carbons (Fsp3) is 0.312. The summed E-state index contributed by atoms with van der Waals surface area (Å²) in [6.45, 7) is 1.20. The standard InChI is InChI=1S/C16H19N3O2/c1-18(11-6-14-4-8-17-9-5-14)16(21)7-12-19-10-2-3-15(19)13-20/h2-5,8-10,13H,6-7,11-12H2,1H3. The van der Waals surface area contributed by atoms with E-state index in [4.69, 9.17) is 0 Å². The first kappa shape index (κ1) is 15.0. The van der Waals surface area contributed by atoms with Crippen LogP contribution in [0.1, 0.15) is 22.5 Å². The highest BCUT2D eigenvalue weighted by atomic mass is 16.2. The minimum Gasteiger partial charge on any atom is -0.345 e. The van der Waals surface area contributed by atoms with E-state index in [-0.39, 0.29) is 5.91 Å². The Morgan fingerprint density at radius 2 is 2.10 bits per heavy atom. The molecular formula is C16H19N3O2. The lowest BCUT2D eigenvalue weighted by Crippen LogP contribution is -2.29. The van der Waals surface area contributed by atoms with Crippen LogP contribution in [0.5, 0.6) is 0 Å². The molecule has 0 unspecified atom stereocenters. The third kappa shape index (κ3) is 4.27. The van der Waals surface area contributed by atoms with Gasteiger partial charge < -0.3 is 9.47 Å². The van der Waals surface area contributed by atoms with Crippen LogP contribution in [-0.4, -0.2) is 40.2 Å². The highest BCUT2D eigenvalue weighted by molar-refractivity contribution is 5.76. The van der Waals surface area contributed by atoms with Crippen molar-refractivity contribution < 1.29 is 9.59 Å². The zero-order chi connectivity index (χ0) is 15.1. The second-order valence-corrected chi connectivity index (χ2v) is 4.92. The molecule has 0 spiro atoms. The number of aryl methyl sites for hydroxylation is 1. The molecule has 110 valence electrons. The molecule has 0 radical (unpaired) electrons. The molecule has 0 aliphatic carbocycles. The van der Waals surface area contributed by atoms with Gasteiger partial charge in [-0.15, -0.1) is 0 Å². The van der Waals surface area contributed by atoms with Crippen LogP contribution < -0.4 is 0 Å². The summed E-state index contributed by atoms with van der Waals surface area (Å²) in [6.07, 6.45) is 7.33. The Balaban J connectivity index is 1.79. The van der Waals surface area contributed by atoms with Crippen LogP contribution in [0.4, 0.5) is 0 Å². The van der Waals surface area contributed by atoms with Crippen molar-refractivity contribution in [1.29, 1.82) is 0 Å². The van der Waals surface area contributed by atoms with Crippen LogP contribution in [0, 0.1) is 0 Å². The second-order valence-electron chi connectivity index (χ2n) is 4.92.